The number of methoxy groups -OCH3 is 1. The Morgan fingerprint density at radius 3 is 2.76 bits per heavy atom. The zero-order valence-corrected chi connectivity index (χ0v) is 14.0. The first-order valence-electron chi connectivity index (χ1n) is 8.26. The Morgan fingerprint density at radius 2 is 2.14 bits per heavy atom. The van der Waals surface area contributed by atoms with Crippen molar-refractivity contribution in [1.82, 2.24) is 10.3 Å². The van der Waals surface area contributed by atoms with Crippen LogP contribution >= 0.6 is 11.3 Å². The van der Waals surface area contributed by atoms with E-state index in [1.165, 1.54) is 47.9 Å². The lowest BCUT2D eigenvalue weighted by Crippen LogP contribution is -2.24. The maximum Gasteiger partial charge on any atom is 0.185 e. The SMILES string of the molecule is CCN(CC1CC1)c1nc(C2CC2)c(CNCCOC)s1. The molecule has 3 rings (SSSR count). The van der Waals surface area contributed by atoms with Crippen LogP contribution in [0.25, 0.3) is 0 Å². The molecule has 0 amide bonds. The van der Waals surface area contributed by atoms with Crippen molar-refractivity contribution in [3.8, 4) is 0 Å². The average molecular weight is 309 g/mol. The molecule has 1 N–H and O–H groups in total. The van der Waals surface area contributed by atoms with Gasteiger partial charge in [0.1, 0.15) is 0 Å². The Bertz CT molecular complexity index is 454. The van der Waals surface area contributed by atoms with Crippen LogP contribution in [-0.2, 0) is 11.3 Å². The predicted molar refractivity (Wildman–Crippen MR) is 88.3 cm³/mol. The van der Waals surface area contributed by atoms with Gasteiger partial charge >= 0.3 is 0 Å². The topological polar surface area (TPSA) is 37.4 Å². The highest BCUT2D eigenvalue weighted by Gasteiger charge is 2.31. The number of thiazole rings is 1. The molecule has 1 aromatic rings. The maximum absolute atomic E-state index is 5.10. The number of hydrogen-bond donors (Lipinski definition) is 1. The molecule has 21 heavy (non-hydrogen) atoms. The molecule has 0 spiro atoms. The van der Waals surface area contributed by atoms with Gasteiger partial charge in [0.25, 0.3) is 0 Å². The Hall–Kier alpha value is -0.650. The Balaban J connectivity index is 1.65. The summed E-state index contributed by atoms with van der Waals surface area (Å²) in [6, 6.07) is 0. The lowest BCUT2D eigenvalue weighted by molar-refractivity contribution is 0.199. The maximum atomic E-state index is 5.10. The van der Waals surface area contributed by atoms with Gasteiger partial charge in [-0.15, -0.1) is 11.3 Å². The summed E-state index contributed by atoms with van der Waals surface area (Å²) < 4.78 is 5.10. The van der Waals surface area contributed by atoms with Gasteiger partial charge in [0, 0.05) is 44.1 Å². The van der Waals surface area contributed by atoms with Crippen molar-refractivity contribution in [3.63, 3.8) is 0 Å². The quantitative estimate of drug-likeness (QED) is 0.674. The standard InChI is InChI=1S/C16H27N3OS/c1-3-19(11-12-4-5-12)16-18-15(13-6-7-13)14(21-16)10-17-8-9-20-2/h12-13,17H,3-11H2,1-2H3. The molecular weight excluding hydrogens is 282 g/mol. The molecule has 0 saturated heterocycles. The number of rotatable bonds is 10. The van der Waals surface area contributed by atoms with Gasteiger partial charge in [-0.3, -0.25) is 0 Å². The van der Waals surface area contributed by atoms with E-state index in [2.05, 4.69) is 17.1 Å². The summed E-state index contributed by atoms with van der Waals surface area (Å²) in [5.74, 6) is 1.65. The van der Waals surface area contributed by atoms with Gasteiger partial charge in [-0.1, -0.05) is 0 Å². The summed E-state index contributed by atoms with van der Waals surface area (Å²) in [5.41, 5.74) is 1.37. The molecule has 2 fully saturated rings. The van der Waals surface area contributed by atoms with E-state index in [1.54, 1.807) is 7.11 Å². The van der Waals surface area contributed by atoms with E-state index < -0.39 is 0 Å². The van der Waals surface area contributed by atoms with Crippen LogP contribution in [0.15, 0.2) is 0 Å². The second kappa shape index (κ2) is 7.07. The molecule has 0 bridgehead atoms. The van der Waals surface area contributed by atoms with Crippen molar-refractivity contribution in [2.24, 2.45) is 5.92 Å². The predicted octanol–water partition coefficient (Wildman–Crippen LogP) is 2.99. The van der Waals surface area contributed by atoms with Crippen molar-refractivity contribution in [2.45, 2.75) is 45.1 Å². The molecule has 0 radical (unpaired) electrons. The molecule has 0 aliphatic heterocycles. The first-order chi connectivity index (χ1) is 10.3. The van der Waals surface area contributed by atoms with Crippen LogP contribution in [0.1, 0.15) is 49.1 Å². The average Bonchev–Trinajstić information content (AvgIpc) is 3.41. The van der Waals surface area contributed by atoms with E-state index in [0.29, 0.717) is 0 Å². The number of nitrogens with zero attached hydrogens (tertiary/aromatic N) is 2. The fourth-order valence-electron chi connectivity index (χ4n) is 2.62. The first-order valence-corrected chi connectivity index (χ1v) is 9.07. The zero-order valence-electron chi connectivity index (χ0n) is 13.2. The van der Waals surface area contributed by atoms with Crippen molar-refractivity contribution in [2.75, 3.05) is 38.3 Å². The molecule has 0 atom stereocenters. The fraction of sp³-hybridized carbons (Fsp3) is 0.812. The van der Waals surface area contributed by atoms with Crippen molar-refractivity contribution < 1.29 is 4.74 Å². The Kier molecular flexibility index (Phi) is 5.14. The van der Waals surface area contributed by atoms with Crippen LogP contribution in [0, 0.1) is 5.92 Å². The minimum atomic E-state index is 0.730. The minimum absolute atomic E-state index is 0.730. The van der Waals surface area contributed by atoms with Crippen molar-refractivity contribution in [1.29, 1.82) is 0 Å². The van der Waals surface area contributed by atoms with Crippen LogP contribution in [0.2, 0.25) is 0 Å². The normalized spacial score (nSPS) is 18.2. The summed E-state index contributed by atoms with van der Waals surface area (Å²) in [7, 11) is 1.75. The number of nitrogens with one attached hydrogen (secondary N) is 1. The van der Waals surface area contributed by atoms with E-state index in [1.807, 2.05) is 11.3 Å². The third-order valence-corrected chi connectivity index (χ3v) is 5.41. The molecular formula is C16H27N3OS. The highest BCUT2D eigenvalue weighted by molar-refractivity contribution is 7.15. The van der Waals surface area contributed by atoms with Gasteiger partial charge in [-0.25, -0.2) is 4.98 Å². The van der Waals surface area contributed by atoms with E-state index in [0.717, 1.165) is 38.1 Å². The van der Waals surface area contributed by atoms with Crippen LogP contribution in [0.3, 0.4) is 0 Å². The van der Waals surface area contributed by atoms with Gasteiger partial charge < -0.3 is 15.0 Å². The summed E-state index contributed by atoms with van der Waals surface area (Å²) in [4.78, 5) is 8.92. The zero-order chi connectivity index (χ0) is 14.7. The first kappa shape index (κ1) is 15.3. The van der Waals surface area contributed by atoms with E-state index in [4.69, 9.17) is 9.72 Å². The molecule has 0 aromatic carbocycles. The molecule has 4 nitrogen and oxygen atoms in total. The molecule has 2 aliphatic rings. The Morgan fingerprint density at radius 1 is 1.33 bits per heavy atom. The van der Waals surface area contributed by atoms with Crippen LogP contribution in [0.5, 0.6) is 0 Å². The smallest absolute Gasteiger partial charge is 0.185 e. The summed E-state index contributed by atoms with van der Waals surface area (Å²) in [5, 5.41) is 4.72. The number of ether oxygens (including phenoxy) is 1. The molecule has 118 valence electrons. The molecule has 1 aromatic heterocycles. The van der Waals surface area contributed by atoms with Gasteiger partial charge in [-0.2, -0.15) is 0 Å². The number of anilines is 1. The highest BCUT2D eigenvalue weighted by atomic mass is 32.1. The largest absolute Gasteiger partial charge is 0.383 e. The second-order valence-corrected chi connectivity index (χ2v) is 7.29. The fourth-order valence-corrected chi connectivity index (χ4v) is 3.81. The molecule has 1 heterocycles. The van der Waals surface area contributed by atoms with Crippen LogP contribution in [-0.4, -0.2) is 38.3 Å². The van der Waals surface area contributed by atoms with E-state index >= 15 is 0 Å². The molecule has 2 aliphatic carbocycles. The lowest BCUT2D eigenvalue weighted by atomic mass is 10.2. The highest BCUT2D eigenvalue weighted by Crippen LogP contribution is 2.44. The van der Waals surface area contributed by atoms with E-state index in [-0.39, 0.29) is 0 Å². The molecule has 2 saturated carbocycles. The number of hydrogen-bond acceptors (Lipinski definition) is 5. The summed E-state index contributed by atoms with van der Waals surface area (Å²) in [6.45, 7) is 7.14. The summed E-state index contributed by atoms with van der Waals surface area (Å²) >= 11 is 1.90. The second-order valence-electron chi connectivity index (χ2n) is 6.23. The van der Waals surface area contributed by atoms with Gasteiger partial charge in [0.15, 0.2) is 5.13 Å². The summed E-state index contributed by atoms with van der Waals surface area (Å²) in [6.07, 6.45) is 5.46. The van der Waals surface area contributed by atoms with Gasteiger partial charge in [-0.05, 0) is 38.5 Å². The Labute approximate surface area is 131 Å². The van der Waals surface area contributed by atoms with Crippen LogP contribution < -0.4 is 10.2 Å². The minimum Gasteiger partial charge on any atom is -0.383 e. The van der Waals surface area contributed by atoms with Gasteiger partial charge in [0.2, 0.25) is 0 Å². The van der Waals surface area contributed by atoms with Crippen molar-refractivity contribution in [3.05, 3.63) is 10.6 Å². The molecule has 0 unspecified atom stereocenters. The third-order valence-electron chi connectivity index (χ3n) is 4.28. The monoisotopic (exact) mass is 309 g/mol. The van der Waals surface area contributed by atoms with Gasteiger partial charge in [0.05, 0.1) is 12.3 Å². The molecule has 5 heteroatoms. The lowest BCUT2D eigenvalue weighted by Gasteiger charge is -2.19. The van der Waals surface area contributed by atoms with Crippen molar-refractivity contribution >= 4 is 16.5 Å². The third kappa shape index (κ3) is 4.18. The van der Waals surface area contributed by atoms with E-state index in [9.17, 15) is 0 Å². The number of aromatic nitrogens is 1. The van der Waals surface area contributed by atoms with Crippen LogP contribution in [0.4, 0.5) is 5.13 Å².